The molecule has 138 valence electrons. The molecule has 0 aliphatic carbocycles. The molecule has 1 aromatic heterocycles. The monoisotopic (exact) mass is 354 g/mol. The number of ether oxygens (including phenoxy) is 1. The Morgan fingerprint density at radius 2 is 1.77 bits per heavy atom. The average molecular weight is 354 g/mol. The van der Waals surface area contributed by atoms with E-state index in [9.17, 15) is 4.79 Å². The summed E-state index contributed by atoms with van der Waals surface area (Å²) < 4.78 is 5.62. The van der Waals surface area contributed by atoms with E-state index in [2.05, 4.69) is 20.2 Å². The molecule has 26 heavy (non-hydrogen) atoms. The minimum absolute atomic E-state index is 0.0796. The molecular weight excluding hydrogens is 328 g/mol. The molecule has 1 aromatic carbocycles. The number of benzene rings is 1. The van der Waals surface area contributed by atoms with Crippen molar-refractivity contribution in [1.29, 1.82) is 0 Å². The number of carbonyl (C=O) groups excluding carboxylic acids is 1. The highest BCUT2D eigenvalue weighted by atomic mass is 16.5. The molecule has 0 bridgehead atoms. The Bertz CT molecular complexity index is 738. The molecule has 0 atom stereocenters. The van der Waals surface area contributed by atoms with E-state index < -0.39 is 0 Å². The number of nitrogens with zero attached hydrogens (tertiary/aromatic N) is 3. The number of anilines is 2. The van der Waals surface area contributed by atoms with E-state index >= 15 is 0 Å². The summed E-state index contributed by atoms with van der Waals surface area (Å²) in [6.07, 6.45) is 4.83. The number of aryl methyl sites for hydroxylation is 2. The Labute approximate surface area is 154 Å². The molecule has 0 unspecified atom stereocenters. The van der Waals surface area contributed by atoms with E-state index in [-0.39, 0.29) is 12.5 Å². The summed E-state index contributed by atoms with van der Waals surface area (Å²) in [6, 6.07) is 9.43. The van der Waals surface area contributed by atoms with E-state index in [0.29, 0.717) is 11.8 Å². The van der Waals surface area contributed by atoms with Gasteiger partial charge >= 0.3 is 0 Å². The van der Waals surface area contributed by atoms with Crippen molar-refractivity contribution < 1.29 is 9.53 Å². The number of rotatable bonds is 5. The zero-order valence-corrected chi connectivity index (χ0v) is 15.5. The molecule has 1 amide bonds. The predicted molar refractivity (Wildman–Crippen MR) is 103 cm³/mol. The van der Waals surface area contributed by atoms with Crippen LogP contribution in [0.4, 0.5) is 11.6 Å². The molecule has 2 aromatic rings. The van der Waals surface area contributed by atoms with Crippen molar-refractivity contribution in [3.05, 3.63) is 41.6 Å². The van der Waals surface area contributed by atoms with Gasteiger partial charge in [0, 0.05) is 30.5 Å². The number of amides is 1. The number of aromatic nitrogens is 2. The lowest BCUT2D eigenvalue weighted by atomic mass is 10.2. The second-order valence-electron chi connectivity index (χ2n) is 6.75. The number of carbonyl (C=O) groups is 1. The van der Waals surface area contributed by atoms with Crippen molar-refractivity contribution in [2.45, 2.75) is 39.5 Å². The minimum Gasteiger partial charge on any atom is -0.467 e. The Kier molecular flexibility index (Phi) is 6.04. The Hall–Kier alpha value is -2.63. The van der Waals surface area contributed by atoms with E-state index in [4.69, 9.17) is 4.74 Å². The van der Waals surface area contributed by atoms with E-state index in [1.165, 1.54) is 12.8 Å². The van der Waals surface area contributed by atoms with Crippen LogP contribution in [0.15, 0.2) is 30.3 Å². The van der Waals surface area contributed by atoms with Crippen molar-refractivity contribution in [2.24, 2.45) is 0 Å². The average Bonchev–Trinajstić information content (AvgIpc) is 2.91. The van der Waals surface area contributed by atoms with Gasteiger partial charge in [0.2, 0.25) is 11.8 Å². The summed E-state index contributed by atoms with van der Waals surface area (Å²) in [4.78, 5) is 23.3. The Morgan fingerprint density at radius 1 is 1.08 bits per heavy atom. The normalized spacial score (nSPS) is 14.6. The molecule has 1 saturated heterocycles. The van der Waals surface area contributed by atoms with E-state index in [0.717, 1.165) is 42.9 Å². The first-order valence-corrected chi connectivity index (χ1v) is 9.20. The van der Waals surface area contributed by atoms with Gasteiger partial charge in [0.25, 0.3) is 5.91 Å². The molecule has 0 spiro atoms. The molecule has 2 heterocycles. The van der Waals surface area contributed by atoms with E-state index in [1.54, 1.807) is 6.07 Å². The largest absolute Gasteiger partial charge is 0.467 e. The fraction of sp³-hybridized carbons (Fsp3) is 0.450. The summed E-state index contributed by atoms with van der Waals surface area (Å²) in [7, 11) is 0. The second kappa shape index (κ2) is 8.65. The van der Waals surface area contributed by atoms with Crippen molar-refractivity contribution in [3.63, 3.8) is 0 Å². The molecule has 3 rings (SSSR count). The first-order chi connectivity index (χ1) is 12.6. The molecule has 0 radical (unpaired) electrons. The van der Waals surface area contributed by atoms with Crippen LogP contribution in [-0.4, -0.2) is 35.6 Å². The van der Waals surface area contributed by atoms with Crippen molar-refractivity contribution in [2.75, 3.05) is 29.9 Å². The third kappa shape index (κ3) is 5.18. The number of hydrogen-bond acceptors (Lipinski definition) is 5. The summed E-state index contributed by atoms with van der Waals surface area (Å²) in [5.74, 6) is 0.929. The van der Waals surface area contributed by atoms with Gasteiger partial charge in [-0.15, -0.1) is 0 Å². The van der Waals surface area contributed by atoms with Gasteiger partial charge in [0.05, 0.1) is 0 Å². The van der Waals surface area contributed by atoms with Crippen LogP contribution in [0.3, 0.4) is 0 Å². The predicted octanol–water partition coefficient (Wildman–Crippen LogP) is 3.49. The first kappa shape index (κ1) is 18.2. The van der Waals surface area contributed by atoms with Gasteiger partial charge in [0.15, 0.2) is 6.61 Å². The topological polar surface area (TPSA) is 67.3 Å². The van der Waals surface area contributed by atoms with Gasteiger partial charge in [0.1, 0.15) is 0 Å². The minimum atomic E-state index is -0.207. The fourth-order valence-electron chi connectivity index (χ4n) is 2.98. The van der Waals surface area contributed by atoms with Crippen LogP contribution in [0.25, 0.3) is 0 Å². The van der Waals surface area contributed by atoms with Crippen LogP contribution in [0.1, 0.15) is 36.9 Å². The van der Waals surface area contributed by atoms with Crippen molar-refractivity contribution in [3.8, 4) is 5.88 Å². The Balaban J connectivity index is 1.60. The lowest BCUT2D eigenvalue weighted by Crippen LogP contribution is -2.26. The van der Waals surface area contributed by atoms with Crippen LogP contribution in [0, 0.1) is 13.8 Å². The van der Waals surface area contributed by atoms with E-state index in [1.807, 2.05) is 38.1 Å². The molecular formula is C20H26N4O2. The summed E-state index contributed by atoms with van der Waals surface area (Å²) in [5.41, 5.74) is 2.75. The highest BCUT2D eigenvalue weighted by molar-refractivity contribution is 5.91. The van der Waals surface area contributed by atoms with Gasteiger partial charge in [-0.25, -0.2) is 4.98 Å². The third-order valence-electron chi connectivity index (χ3n) is 4.39. The van der Waals surface area contributed by atoms with Gasteiger partial charge < -0.3 is 15.0 Å². The lowest BCUT2D eigenvalue weighted by molar-refractivity contribution is -0.118. The van der Waals surface area contributed by atoms with Gasteiger partial charge in [-0.2, -0.15) is 4.98 Å². The standard InChI is InChI=1S/C20H26N4O2/c1-15-7-9-17(10-8-15)22-18(25)14-26-19-13-16(2)21-20(23-19)24-11-5-3-4-6-12-24/h7-10,13H,3-6,11-12,14H2,1-2H3,(H,22,25). The smallest absolute Gasteiger partial charge is 0.262 e. The molecule has 1 aliphatic rings. The zero-order chi connectivity index (χ0) is 18.4. The SMILES string of the molecule is Cc1ccc(NC(=O)COc2cc(C)nc(N3CCCCCC3)n2)cc1. The first-order valence-electron chi connectivity index (χ1n) is 9.20. The molecule has 0 saturated carbocycles. The van der Waals surface area contributed by atoms with Crippen LogP contribution in [0.5, 0.6) is 5.88 Å². The van der Waals surface area contributed by atoms with Gasteiger partial charge in [-0.05, 0) is 38.8 Å². The molecule has 1 N–H and O–H groups in total. The van der Waals surface area contributed by atoms with Gasteiger partial charge in [-0.1, -0.05) is 30.5 Å². The summed E-state index contributed by atoms with van der Waals surface area (Å²) >= 11 is 0. The summed E-state index contributed by atoms with van der Waals surface area (Å²) in [6.45, 7) is 5.79. The molecule has 1 aliphatic heterocycles. The van der Waals surface area contributed by atoms with Gasteiger partial charge in [-0.3, -0.25) is 4.79 Å². The third-order valence-corrected chi connectivity index (χ3v) is 4.39. The van der Waals surface area contributed by atoms with Crippen LogP contribution in [0.2, 0.25) is 0 Å². The maximum absolute atomic E-state index is 12.1. The number of nitrogens with one attached hydrogen (secondary N) is 1. The summed E-state index contributed by atoms with van der Waals surface area (Å²) in [5, 5.41) is 2.82. The Morgan fingerprint density at radius 3 is 2.46 bits per heavy atom. The van der Waals surface area contributed by atoms with Crippen LogP contribution < -0.4 is 15.0 Å². The van der Waals surface area contributed by atoms with Crippen LogP contribution in [-0.2, 0) is 4.79 Å². The van der Waals surface area contributed by atoms with Crippen LogP contribution >= 0.6 is 0 Å². The van der Waals surface area contributed by atoms with Crippen molar-refractivity contribution in [1.82, 2.24) is 9.97 Å². The molecule has 1 fully saturated rings. The zero-order valence-electron chi connectivity index (χ0n) is 15.5. The van der Waals surface area contributed by atoms with Crippen molar-refractivity contribution >= 4 is 17.5 Å². The second-order valence-corrected chi connectivity index (χ2v) is 6.75. The highest BCUT2D eigenvalue weighted by Crippen LogP contribution is 2.19. The molecule has 6 nitrogen and oxygen atoms in total. The lowest BCUT2D eigenvalue weighted by Gasteiger charge is -2.21. The highest BCUT2D eigenvalue weighted by Gasteiger charge is 2.14. The maximum Gasteiger partial charge on any atom is 0.262 e. The number of hydrogen-bond donors (Lipinski definition) is 1. The quantitative estimate of drug-likeness (QED) is 0.890. The molecule has 6 heteroatoms. The maximum atomic E-state index is 12.1. The fourth-order valence-corrected chi connectivity index (χ4v) is 2.98.